The number of esters is 1. The summed E-state index contributed by atoms with van der Waals surface area (Å²) in [4.78, 5) is 12.4. The number of cyclic esters (lactones) is 1. The lowest BCUT2D eigenvalue weighted by Gasteiger charge is -2.34. The van der Waals surface area contributed by atoms with Gasteiger partial charge in [0.25, 0.3) is 0 Å². The van der Waals surface area contributed by atoms with E-state index in [4.69, 9.17) is 9.47 Å². The molecule has 0 N–H and O–H groups in total. The predicted octanol–water partition coefficient (Wildman–Crippen LogP) is 4.20. The normalized spacial score (nSPS) is 39.5. The van der Waals surface area contributed by atoms with Crippen molar-refractivity contribution >= 4 is 5.97 Å². The second-order valence-electron chi connectivity index (χ2n) is 7.72. The van der Waals surface area contributed by atoms with Crippen LogP contribution < -0.4 is 0 Å². The third-order valence-corrected chi connectivity index (χ3v) is 5.47. The molecule has 3 rings (SSSR count). The number of ether oxygens (including phenoxy) is 2. The van der Waals surface area contributed by atoms with Gasteiger partial charge in [0.1, 0.15) is 6.61 Å². The van der Waals surface area contributed by atoms with Gasteiger partial charge in [-0.3, -0.25) is 4.79 Å². The Hall–Kier alpha value is -1.35. The number of allylic oxidation sites excluding steroid dienone is 3. The zero-order valence-corrected chi connectivity index (χ0v) is 14.5. The SMILES string of the molecule is C=C1CC[C@@H]2O[C@@]2(C)CC[C@@H]2C(=C/C=C/C(C)C)COC(=O)[C@@H]12. The number of hydrogen-bond donors (Lipinski definition) is 0. The Morgan fingerprint density at radius 1 is 1.35 bits per heavy atom. The third-order valence-electron chi connectivity index (χ3n) is 5.47. The van der Waals surface area contributed by atoms with E-state index in [-0.39, 0.29) is 23.4 Å². The van der Waals surface area contributed by atoms with Crippen molar-refractivity contribution in [3.05, 3.63) is 36.0 Å². The molecule has 1 saturated carbocycles. The molecule has 23 heavy (non-hydrogen) atoms. The molecule has 3 aliphatic rings. The van der Waals surface area contributed by atoms with E-state index in [9.17, 15) is 4.79 Å². The molecular formula is C20H28O3. The summed E-state index contributed by atoms with van der Waals surface area (Å²) < 4.78 is 11.3. The minimum Gasteiger partial charge on any atom is -0.461 e. The van der Waals surface area contributed by atoms with E-state index in [1.165, 1.54) is 5.57 Å². The molecular weight excluding hydrogens is 288 g/mol. The number of fused-ring (bicyclic) bond motifs is 2. The molecule has 4 atom stereocenters. The van der Waals surface area contributed by atoms with E-state index in [2.05, 4.69) is 45.6 Å². The quantitative estimate of drug-likeness (QED) is 0.435. The van der Waals surface area contributed by atoms with Crippen molar-refractivity contribution < 1.29 is 14.3 Å². The maximum atomic E-state index is 12.4. The third kappa shape index (κ3) is 3.45. The first kappa shape index (κ1) is 16.5. The first-order valence-electron chi connectivity index (χ1n) is 8.80. The topological polar surface area (TPSA) is 38.8 Å². The Morgan fingerprint density at radius 2 is 2.13 bits per heavy atom. The second kappa shape index (κ2) is 6.27. The maximum Gasteiger partial charge on any atom is 0.313 e. The van der Waals surface area contributed by atoms with E-state index in [1.807, 2.05) is 0 Å². The van der Waals surface area contributed by atoms with Crippen LogP contribution in [-0.4, -0.2) is 24.3 Å². The van der Waals surface area contributed by atoms with Crippen molar-refractivity contribution in [2.75, 3.05) is 6.61 Å². The van der Waals surface area contributed by atoms with Crippen LogP contribution in [0.1, 0.15) is 46.5 Å². The minimum atomic E-state index is -0.177. The van der Waals surface area contributed by atoms with Crippen LogP contribution >= 0.6 is 0 Å². The van der Waals surface area contributed by atoms with Crippen molar-refractivity contribution in [3.8, 4) is 0 Å². The summed E-state index contributed by atoms with van der Waals surface area (Å²) in [6, 6.07) is 0. The number of epoxide rings is 1. The van der Waals surface area contributed by atoms with Crippen LogP contribution in [0.3, 0.4) is 0 Å². The summed E-state index contributed by atoms with van der Waals surface area (Å²) in [5, 5.41) is 0. The highest BCUT2D eigenvalue weighted by Gasteiger charge is 2.53. The van der Waals surface area contributed by atoms with Gasteiger partial charge in [-0.05, 0) is 44.1 Å². The van der Waals surface area contributed by atoms with Crippen LogP contribution in [0.25, 0.3) is 0 Å². The lowest BCUT2D eigenvalue weighted by molar-refractivity contribution is -0.151. The lowest BCUT2D eigenvalue weighted by Crippen LogP contribution is -2.36. The van der Waals surface area contributed by atoms with Crippen molar-refractivity contribution in [3.63, 3.8) is 0 Å². The summed E-state index contributed by atoms with van der Waals surface area (Å²) in [6.45, 7) is 11.1. The van der Waals surface area contributed by atoms with Crippen molar-refractivity contribution in [1.82, 2.24) is 0 Å². The van der Waals surface area contributed by atoms with E-state index < -0.39 is 0 Å². The van der Waals surface area contributed by atoms with Gasteiger partial charge < -0.3 is 9.47 Å². The van der Waals surface area contributed by atoms with Crippen LogP contribution in [0.2, 0.25) is 0 Å². The average Bonchev–Trinajstić information content (AvgIpc) is 3.13. The molecule has 0 aromatic rings. The molecule has 3 fully saturated rings. The fraction of sp³-hybridized carbons (Fsp3) is 0.650. The highest BCUT2D eigenvalue weighted by molar-refractivity contribution is 5.78. The van der Waals surface area contributed by atoms with Gasteiger partial charge in [-0.2, -0.15) is 0 Å². The molecule has 0 unspecified atom stereocenters. The van der Waals surface area contributed by atoms with Gasteiger partial charge in [-0.1, -0.05) is 44.2 Å². The van der Waals surface area contributed by atoms with Crippen LogP contribution in [0.5, 0.6) is 0 Å². The van der Waals surface area contributed by atoms with Crippen LogP contribution in [0.4, 0.5) is 0 Å². The Kier molecular flexibility index (Phi) is 4.50. The Balaban J connectivity index is 1.85. The summed E-state index contributed by atoms with van der Waals surface area (Å²) in [5.74, 6) is 0.458. The monoisotopic (exact) mass is 316 g/mol. The van der Waals surface area contributed by atoms with Gasteiger partial charge in [0.2, 0.25) is 0 Å². The first-order valence-corrected chi connectivity index (χ1v) is 8.80. The molecule has 0 spiro atoms. The molecule has 0 aromatic carbocycles. The fourth-order valence-corrected chi connectivity index (χ4v) is 3.90. The smallest absolute Gasteiger partial charge is 0.313 e. The van der Waals surface area contributed by atoms with Crippen LogP contribution in [0.15, 0.2) is 36.0 Å². The zero-order chi connectivity index (χ0) is 16.6. The molecule has 0 amide bonds. The van der Waals surface area contributed by atoms with E-state index in [0.29, 0.717) is 18.6 Å². The minimum absolute atomic E-state index is 0.00933. The van der Waals surface area contributed by atoms with E-state index in [0.717, 1.165) is 31.3 Å². The molecule has 0 radical (unpaired) electrons. The standard InChI is InChI=1S/C20H28O3/c1-13(2)6-5-7-15-12-22-19(21)18-14(3)8-9-17-20(4,23-17)11-10-16(15)18/h5-7,13,16-18H,3,8-12H2,1-2,4H3/b6-5+,15-7?/t16-,17+,18+,20+/m1/s1. The molecule has 0 aromatic heterocycles. The highest BCUT2D eigenvalue weighted by Crippen LogP contribution is 2.49. The zero-order valence-electron chi connectivity index (χ0n) is 14.5. The van der Waals surface area contributed by atoms with Gasteiger partial charge >= 0.3 is 5.97 Å². The number of rotatable bonds is 2. The predicted molar refractivity (Wildman–Crippen MR) is 90.9 cm³/mol. The Labute approximate surface area is 139 Å². The number of hydrogen-bond acceptors (Lipinski definition) is 3. The summed E-state index contributed by atoms with van der Waals surface area (Å²) in [5.41, 5.74) is 2.24. The fourth-order valence-electron chi connectivity index (χ4n) is 3.90. The molecule has 126 valence electrons. The Morgan fingerprint density at radius 3 is 2.87 bits per heavy atom. The van der Waals surface area contributed by atoms with Crippen molar-refractivity contribution in [2.45, 2.75) is 58.2 Å². The number of carbonyl (C=O) groups is 1. The number of carbonyl (C=O) groups excluding carboxylic acids is 1. The van der Waals surface area contributed by atoms with Gasteiger partial charge in [0, 0.05) is 5.92 Å². The van der Waals surface area contributed by atoms with Crippen LogP contribution in [-0.2, 0) is 14.3 Å². The van der Waals surface area contributed by atoms with Crippen molar-refractivity contribution in [1.29, 1.82) is 0 Å². The second-order valence-corrected chi connectivity index (χ2v) is 7.72. The molecule has 1 aliphatic carbocycles. The lowest BCUT2D eigenvalue weighted by atomic mass is 9.76. The molecule has 2 aliphatic heterocycles. The summed E-state index contributed by atoms with van der Waals surface area (Å²) in [7, 11) is 0. The molecule has 3 nitrogen and oxygen atoms in total. The average molecular weight is 316 g/mol. The summed E-state index contributed by atoms with van der Waals surface area (Å²) in [6.07, 6.45) is 10.5. The van der Waals surface area contributed by atoms with E-state index >= 15 is 0 Å². The van der Waals surface area contributed by atoms with Crippen molar-refractivity contribution in [2.24, 2.45) is 17.8 Å². The van der Waals surface area contributed by atoms with Gasteiger partial charge in [0.05, 0.1) is 17.6 Å². The highest BCUT2D eigenvalue weighted by atomic mass is 16.6. The molecule has 2 heterocycles. The van der Waals surface area contributed by atoms with Gasteiger partial charge in [0.15, 0.2) is 0 Å². The molecule has 2 saturated heterocycles. The van der Waals surface area contributed by atoms with E-state index in [1.54, 1.807) is 0 Å². The van der Waals surface area contributed by atoms with Gasteiger partial charge in [-0.25, -0.2) is 0 Å². The molecule has 3 heteroatoms. The Bertz CT molecular complexity index is 557. The first-order chi connectivity index (χ1) is 10.9. The largest absolute Gasteiger partial charge is 0.461 e. The summed E-state index contributed by atoms with van der Waals surface area (Å²) >= 11 is 0. The molecule has 0 bridgehead atoms. The van der Waals surface area contributed by atoms with Crippen LogP contribution in [0, 0.1) is 17.8 Å². The maximum absolute atomic E-state index is 12.4. The van der Waals surface area contributed by atoms with Gasteiger partial charge in [-0.15, -0.1) is 0 Å².